The molecule has 2 fully saturated rings. The lowest BCUT2D eigenvalue weighted by Gasteiger charge is -2.19. The Kier molecular flexibility index (Phi) is 6.95. The lowest BCUT2D eigenvalue weighted by Crippen LogP contribution is -2.34. The Balaban J connectivity index is 1.38. The summed E-state index contributed by atoms with van der Waals surface area (Å²) in [7, 11) is 1.64. The van der Waals surface area contributed by atoms with Crippen molar-refractivity contribution in [2.45, 2.75) is 50.7 Å². The van der Waals surface area contributed by atoms with Gasteiger partial charge < -0.3 is 25.4 Å². The predicted molar refractivity (Wildman–Crippen MR) is 123 cm³/mol. The summed E-state index contributed by atoms with van der Waals surface area (Å²) < 4.78 is 11.7. The Hall–Kier alpha value is -3.06. The van der Waals surface area contributed by atoms with Crippen LogP contribution >= 0.6 is 0 Å². The first-order chi connectivity index (χ1) is 15.6. The molecule has 2 aliphatic rings. The van der Waals surface area contributed by atoms with Gasteiger partial charge >= 0.3 is 0 Å². The van der Waals surface area contributed by atoms with Crippen molar-refractivity contribution in [3.05, 3.63) is 53.6 Å². The second kappa shape index (κ2) is 10.0. The van der Waals surface area contributed by atoms with Crippen LogP contribution in [-0.2, 0) is 16.1 Å². The second-order valence-corrected chi connectivity index (χ2v) is 8.56. The van der Waals surface area contributed by atoms with Crippen molar-refractivity contribution in [1.82, 2.24) is 4.90 Å². The van der Waals surface area contributed by atoms with E-state index in [9.17, 15) is 9.59 Å². The minimum atomic E-state index is -0.209. The van der Waals surface area contributed by atoms with Gasteiger partial charge in [-0.05, 0) is 61.1 Å². The van der Waals surface area contributed by atoms with Crippen molar-refractivity contribution >= 4 is 17.5 Å². The fraction of sp³-hybridized carbons (Fsp3) is 0.440. The maximum absolute atomic E-state index is 12.6. The number of hydrogen-bond donors (Lipinski definition) is 2. The summed E-state index contributed by atoms with van der Waals surface area (Å²) in [5, 5.41) is 2.85. The number of ether oxygens (including phenoxy) is 2. The van der Waals surface area contributed by atoms with Crippen molar-refractivity contribution in [2.24, 2.45) is 5.73 Å². The first-order valence-electron chi connectivity index (χ1n) is 11.3. The third-order valence-corrected chi connectivity index (χ3v) is 6.28. The van der Waals surface area contributed by atoms with E-state index in [0.717, 1.165) is 29.7 Å². The Morgan fingerprint density at radius 2 is 1.88 bits per heavy atom. The summed E-state index contributed by atoms with van der Waals surface area (Å²) in [5.41, 5.74) is 8.33. The maximum Gasteiger partial charge on any atom is 0.243 e. The van der Waals surface area contributed by atoms with E-state index in [2.05, 4.69) is 5.32 Å². The number of nitrogens with two attached hydrogens (primary N) is 1. The van der Waals surface area contributed by atoms with Gasteiger partial charge in [-0.2, -0.15) is 0 Å². The fourth-order valence-electron chi connectivity index (χ4n) is 4.47. The second-order valence-electron chi connectivity index (χ2n) is 8.56. The molecule has 7 heteroatoms. The number of hydrogen-bond acceptors (Lipinski definition) is 5. The van der Waals surface area contributed by atoms with Gasteiger partial charge in [-0.1, -0.05) is 18.2 Å². The van der Waals surface area contributed by atoms with E-state index in [0.29, 0.717) is 30.9 Å². The minimum Gasteiger partial charge on any atom is -0.493 e. The Morgan fingerprint density at radius 3 is 2.56 bits per heavy atom. The zero-order valence-electron chi connectivity index (χ0n) is 18.5. The van der Waals surface area contributed by atoms with Crippen LogP contribution in [0.4, 0.5) is 5.69 Å². The number of rotatable bonds is 8. The van der Waals surface area contributed by atoms with Crippen LogP contribution in [0.1, 0.15) is 49.1 Å². The zero-order chi connectivity index (χ0) is 22.5. The average molecular weight is 438 g/mol. The molecule has 1 aliphatic carbocycles. The van der Waals surface area contributed by atoms with Crippen LogP contribution < -0.4 is 20.5 Å². The maximum atomic E-state index is 12.6. The van der Waals surface area contributed by atoms with Gasteiger partial charge in [0.2, 0.25) is 11.8 Å². The van der Waals surface area contributed by atoms with Crippen molar-refractivity contribution in [3.8, 4) is 11.5 Å². The summed E-state index contributed by atoms with van der Waals surface area (Å²) >= 11 is 0. The Labute approximate surface area is 188 Å². The van der Waals surface area contributed by atoms with E-state index in [-0.39, 0.29) is 30.4 Å². The summed E-state index contributed by atoms with van der Waals surface area (Å²) in [4.78, 5) is 26.7. The standard InChI is InChI=1S/C25H31N3O4/c1-31-22-11-8-18(12-23(22)32-21-4-2-3-5-21)19-13-25(30)28(15-19)16-24(29)27-20-9-6-17(14-26)7-10-20/h6-12,19,21H,2-5,13-16,26H2,1H3,(H,27,29). The van der Waals surface area contributed by atoms with Crippen molar-refractivity contribution < 1.29 is 19.1 Å². The number of amides is 2. The highest BCUT2D eigenvalue weighted by Crippen LogP contribution is 2.37. The van der Waals surface area contributed by atoms with Crippen LogP contribution in [0.5, 0.6) is 11.5 Å². The van der Waals surface area contributed by atoms with E-state index in [1.807, 2.05) is 42.5 Å². The normalized spacial score (nSPS) is 18.8. The molecule has 0 radical (unpaired) electrons. The molecule has 1 saturated carbocycles. The molecule has 32 heavy (non-hydrogen) atoms. The van der Waals surface area contributed by atoms with Crippen LogP contribution in [0, 0.1) is 0 Å². The van der Waals surface area contributed by atoms with Crippen molar-refractivity contribution in [2.75, 3.05) is 25.5 Å². The van der Waals surface area contributed by atoms with Gasteiger partial charge in [0.1, 0.15) is 0 Å². The topological polar surface area (TPSA) is 93.9 Å². The first-order valence-corrected chi connectivity index (χ1v) is 11.3. The zero-order valence-corrected chi connectivity index (χ0v) is 18.5. The van der Waals surface area contributed by atoms with E-state index < -0.39 is 0 Å². The van der Waals surface area contributed by atoms with Crippen molar-refractivity contribution in [1.29, 1.82) is 0 Å². The molecule has 1 atom stereocenters. The molecule has 170 valence electrons. The lowest BCUT2D eigenvalue weighted by atomic mass is 9.98. The number of likely N-dealkylation sites (tertiary alicyclic amines) is 1. The average Bonchev–Trinajstić information content (AvgIpc) is 3.44. The molecule has 2 amide bonds. The number of carbonyl (C=O) groups is 2. The van der Waals surface area contributed by atoms with Crippen LogP contribution in [0.2, 0.25) is 0 Å². The van der Waals surface area contributed by atoms with Gasteiger partial charge in [0, 0.05) is 31.1 Å². The van der Waals surface area contributed by atoms with Gasteiger partial charge in [-0.25, -0.2) is 0 Å². The smallest absolute Gasteiger partial charge is 0.243 e. The third kappa shape index (κ3) is 5.22. The first kappa shape index (κ1) is 22.1. The number of benzene rings is 2. The van der Waals surface area contributed by atoms with Gasteiger partial charge in [-0.3, -0.25) is 9.59 Å². The molecule has 1 unspecified atom stereocenters. The number of carbonyl (C=O) groups excluding carboxylic acids is 2. The van der Waals surface area contributed by atoms with Gasteiger partial charge in [0.25, 0.3) is 0 Å². The molecule has 2 aromatic rings. The molecule has 1 saturated heterocycles. The summed E-state index contributed by atoms with van der Waals surface area (Å²) in [6.45, 7) is 1.000. The summed E-state index contributed by atoms with van der Waals surface area (Å²) in [6.07, 6.45) is 5.12. The van der Waals surface area contributed by atoms with E-state index in [1.54, 1.807) is 12.0 Å². The monoisotopic (exact) mass is 437 g/mol. The molecule has 3 N–H and O–H groups in total. The summed E-state index contributed by atoms with van der Waals surface area (Å²) in [6, 6.07) is 13.3. The van der Waals surface area contributed by atoms with Crippen LogP contribution in [-0.4, -0.2) is 43.0 Å². The molecular formula is C25H31N3O4. The van der Waals surface area contributed by atoms with Crippen molar-refractivity contribution in [3.63, 3.8) is 0 Å². The molecule has 0 spiro atoms. The number of anilines is 1. The molecular weight excluding hydrogens is 406 g/mol. The van der Waals surface area contributed by atoms with Crippen LogP contribution in [0.15, 0.2) is 42.5 Å². The quantitative estimate of drug-likeness (QED) is 0.660. The Bertz CT molecular complexity index is 954. The molecule has 1 heterocycles. The SMILES string of the molecule is COc1ccc(C2CC(=O)N(CC(=O)Nc3ccc(CN)cc3)C2)cc1OC1CCCC1. The molecule has 0 aromatic heterocycles. The Morgan fingerprint density at radius 1 is 1.12 bits per heavy atom. The lowest BCUT2D eigenvalue weighted by molar-refractivity contribution is -0.131. The van der Waals surface area contributed by atoms with Gasteiger partial charge in [-0.15, -0.1) is 0 Å². The van der Waals surface area contributed by atoms with Crippen LogP contribution in [0.3, 0.4) is 0 Å². The van der Waals surface area contributed by atoms with E-state index >= 15 is 0 Å². The molecule has 0 bridgehead atoms. The van der Waals surface area contributed by atoms with Gasteiger partial charge in [0.15, 0.2) is 11.5 Å². The fourth-order valence-corrected chi connectivity index (χ4v) is 4.47. The van der Waals surface area contributed by atoms with E-state index in [4.69, 9.17) is 15.2 Å². The van der Waals surface area contributed by atoms with E-state index in [1.165, 1.54) is 12.8 Å². The summed E-state index contributed by atoms with van der Waals surface area (Å²) in [5.74, 6) is 1.25. The third-order valence-electron chi connectivity index (χ3n) is 6.28. The molecule has 2 aromatic carbocycles. The molecule has 7 nitrogen and oxygen atoms in total. The highest BCUT2D eigenvalue weighted by molar-refractivity contribution is 5.95. The van der Waals surface area contributed by atoms with Crippen LogP contribution in [0.25, 0.3) is 0 Å². The number of methoxy groups -OCH3 is 1. The highest BCUT2D eigenvalue weighted by Gasteiger charge is 2.32. The largest absolute Gasteiger partial charge is 0.493 e. The highest BCUT2D eigenvalue weighted by atomic mass is 16.5. The molecule has 4 rings (SSSR count). The predicted octanol–water partition coefficient (Wildman–Crippen LogP) is 3.43. The van der Waals surface area contributed by atoms with Gasteiger partial charge in [0.05, 0.1) is 19.8 Å². The number of nitrogens with zero attached hydrogens (tertiary/aromatic N) is 1. The minimum absolute atomic E-state index is 0.0160. The molecule has 1 aliphatic heterocycles. The number of nitrogens with one attached hydrogen (secondary N) is 1.